The maximum absolute atomic E-state index is 3.71. The minimum atomic E-state index is 0.848. The van der Waals surface area contributed by atoms with Gasteiger partial charge in [-0.25, -0.2) is 0 Å². The van der Waals surface area contributed by atoms with Crippen LogP contribution < -0.4 is 5.32 Å². The number of hydrogen-bond acceptors (Lipinski definition) is 2. The zero-order valence-corrected chi connectivity index (χ0v) is 9.63. The van der Waals surface area contributed by atoms with E-state index in [0.717, 1.165) is 17.9 Å². The van der Waals surface area contributed by atoms with Crippen LogP contribution in [0.3, 0.4) is 0 Å². The van der Waals surface area contributed by atoms with E-state index in [4.69, 9.17) is 0 Å². The highest BCUT2D eigenvalue weighted by Crippen LogP contribution is 2.26. The third kappa shape index (κ3) is 2.48. The van der Waals surface area contributed by atoms with E-state index in [-0.39, 0.29) is 0 Å². The molecule has 2 heteroatoms. The maximum atomic E-state index is 3.71. The van der Waals surface area contributed by atoms with Crippen LogP contribution in [0.5, 0.6) is 0 Å². The molecule has 0 aromatic carbocycles. The van der Waals surface area contributed by atoms with Gasteiger partial charge in [0.05, 0.1) is 0 Å². The van der Waals surface area contributed by atoms with Crippen molar-refractivity contribution < 1.29 is 0 Å². The molecule has 2 fully saturated rings. The topological polar surface area (TPSA) is 15.3 Å². The van der Waals surface area contributed by atoms with E-state index < -0.39 is 0 Å². The molecule has 1 saturated carbocycles. The lowest BCUT2D eigenvalue weighted by atomic mass is 9.82. The van der Waals surface area contributed by atoms with E-state index in [1.165, 1.54) is 45.4 Å². The number of nitrogens with one attached hydrogen (secondary N) is 1. The molecule has 0 bridgehead atoms. The predicted octanol–water partition coefficient (Wildman–Crippen LogP) is 1.72. The molecule has 1 aliphatic carbocycles. The van der Waals surface area contributed by atoms with Crippen molar-refractivity contribution in [2.45, 2.75) is 39.2 Å². The van der Waals surface area contributed by atoms with Crippen molar-refractivity contribution in [2.75, 3.05) is 26.2 Å². The highest BCUT2D eigenvalue weighted by Gasteiger charge is 2.27. The number of likely N-dealkylation sites (tertiary alicyclic amines) is 1. The molecule has 1 saturated heterocycles. The van der Waals surface area contributed by atoms with Gasteiger partial charge in [-0.1, -0.05) is 13.8 Å². The quantitative estimate of drug-likeness (QED) is 0.736. The Morgan fingerprint density at radius 2 is 2.14 bits per heavy atom. The van der Waals surface area contributed by atoms with Crippen molar-refractivity contribution in [2.24, 2.45) is 11.8 Å². The van der Waals surface area contributed by atoms with Crippen LogP contribution in [-0.4, -0.2) is 37.1 Å². The molecule has 0 amide bonds. The Kier molecular flexibility index (Phi) is 3.45. The number of hydrogen-bond donors (Lipinski definition) is 1. The van der Waals surface area contributed by atoms with E-state index >= 15 is 0 Å². The monoisotopic (exact) mass is 196 g/mol. The first-order valence-corrected chi connectivity index (χ1v) is 6.23. The first kappa shape index (κ1) is 10.4. The minimum Gasteiger partial charge on any atom is -0.314 e. The van der Waals surface area contributed by atoms with Crippen LogP contribution in [0, 0.1) is 11.8 Å². The Balaban J connectivity index is 1.58. The molecule has 1 unspecified atom stereocenters. The van der Waals surface area contributed by atoms with E-state index in [1.54, 1.807) is 0 Å². The van der Waals surface area contributed by atoms with Crippen molar-refractivity contribution in [3.63, 3.8) is 0 Å². The molecule has 1 N–H and O–H groups in total. The summed E-state index contributed by atoms with van der Waals surface area (Å²) >= 11 is 0. The highest BCUT2D eigenvalue weighted by molar-refractivity contribution is 4.84. The van der Waals surface area contributed by atoms with Gasteiger partial charge in [-0.15, -0.1) is 0 Å². The van der Waals surface area contributed by atoms with Gasteiger partial charge < -0.3 is 10.2 Å². The van der Waals surface area contributed by atoms with Crippen LogP contribution in [0.1, 0.15) is 33.1 Å². The summed E-state index contributed by atoms with van der Waals surface area (Å²) in [5.41, 5.74) is 0. The number of rotatable bonds is 4. The van der Waals surface area contributed by atoms with Gasteiger partial charge >= 0.3 is 0 Å². The van der Waals surface area contributed by atoms with E-state index in [1.807, 2.05) is 0 Å². The van der Waals surface area contributed by atoms with Crippen LogP contribution in [-0.2, 0) is 0 Å². The molecule has 1 aliphatic heterocycles. The summed E-state index contributed by atoms with van der Waals surface area (Å²) in [6.07, 6.45) is 4.22. The summed E-state index contributed by atoms with van der Waals surface area (Å²) < 4.78 is 0. The molecule has 0 aromatic heterocycles. The standard InChI is InChI=1S/C12H24N2/c1-3-14-5-4-11(9-14)8-13-12-6-10(2)7-12/h10-13H,3-9H2,1-2H3. The zero-order valence-electron chi connectivity index (χ0n) is 9.63. The fourth-order valence-corrected chi connectivity index (χ4v) is 2.77. The van der Waals surface area contributed by atoms with E-state index in [2.05, 4.69) is 24.1 Å². The van der Waals surface area contributed by atoms with Crippen molar-refractivity contribution >= 4 is 0 Å². The summed E-state index contributed by atoms with van der Waals surface area (Å²) in [5, 5.41) is 3.71. The van der Waals surface area contributed by atoms with Crippen LogP contribution >= 0.6 is 0 Å². The van der Waals surface area contributed by atoms with Crippen LogP contribution in [0.25, 0.3) is 0 Å². The summed E-state index contributed by atoms with van der Waals surface area (Å²) in [5.74, 6) is 1.90. The second-order valence-electron chi connectivity index (χ2n) is 5.23. The van der Waals surface area contributed by atoms with E-state index in [9.17, 15) is 0 Å². The normalized spacial score (nSPS) is 38.6. The minimum absolute atomic E-state index is 0.848. The van der Waals surface area contributed by atoms with Gasteiger partial charge in [0.2, 0.25) is 0 Å². The van der Waals surface area contributed by atoms with Gasteiger partial charge in [-0.2, -0.15) is 0 Å². The molecule has 82 valence electrons. The highest BCUT2D eigenvalue weighted by atomic mass is 15.1. The Bertz CT molecular complexity index is 175. The fourth-order valence-electron chi connectivity index (χ4n) is 2.77. The molecule has 14 heavy (non-hydrogen) atoms. The average molecular weight is 196 g/mol. The molecular formula is C12H24N2. The van der Waals surface area contributed by atoms with Crippen molar-refractivity contribution in [1.29, 1.82) is 0 Å². The third-order valence-corrected chi connectivity index (χ3v) is 3.89. The molecule has 2 aliphatic rings. The molecule has 2 nitrogen and oxygen atoms in total. The van der Waals surface area contributed by atoms with Crippen molar-refractivity contribution in [1.82, 2.24) is 10.2 Å². The third-order valence-electron chi connectivity index (χ3n) is 3.89. The SMILES string of the molecule is CCN1CCC(CNC2CC(C)C2)C1. The second kappa shape index (κ2) is 4.63. The lowest BCUT2D eigenvalue weighted by Gasteiger charge is -2.34. The van der Waals surface area contributed by atoms with Crippen LogP contribution in [0.2, 0.25) is 0 Å². The van der Waals surface area contributed by atoms with Crippen LogP contribution in [0.4, 0.5) is 0 Å². The van der Waals surface area contributed by atoms with Gasteiger partial charge in [-0.3, -0.25) is 0 Å². The molecule has 2 rings (SSSR count). The van der Waals surface area contributed by atoms with Gasteiger partial charge in [0.1, 0.15) is 0 Å². The summed E-state index contributed by atoms with van der Waals surface area (Å²) in [4.78, 5) is 2.57. The average Bonchev–Trinajstić information content (AvgIpc) is 2.58. The lowest BCUT2D eigenvalue weighted by molar-refractivity contribution is 0.230. The molecule has 0 spiro atoms. The van der Waals surface area contributed by atoms with Gasteiger partial charge in [0.25, 0.3) is 0 Å². The number of nitrogens with zero attached hydrogens (tertiary/aromatic N) is 1. The molecule has 0 radical (unpaired) electrons. The maximum Gasteiger partial charge on any atom is 0.00722 e. The molecular weight excluding hydrogens is 172 g/mol. The lowest BCUT2D eigenvalue weighted by Crippen LogP contribution is -2.42. The van der Waals surface area contributed by atoms with Crippen LogP contribution in [0.15, 0.2) is 0 Å². The molecule has 0 aromatic rings. The van der Waals surface area contributed by atoms with Gasteiger partial charge in [0, 0.05) is 12.6 Å². The molecule has 1 atom stereocenters. The van der Waals surface area contributed by atoms with Gasteiger partial charge in [-0.05, 0) is 50.7 Å². The fraction of sp³-hybridized carbons (Fsp3) is 1.00. The summed E-state index contributed by atoms with van der Waals surface area (Å²) in [6.45, 7) is 9.76. The summed E-state index contributed by atoms with van der Waals surface area (Å²) in [6, 6.07) is 0.848. The molecule has 1 heterocycles. The van der Waals surface area contributed by atoms with Gasteiger partial charge in [0.15, 0.2) is 0 Å². The largest absolute Gasteiger partial charge is 0.314 e. The zero-order chi connectivity index (χ0) is 9.97. The van der Waals surface area contributed by atoms with Crippen molar-refractivity contribution in [3.05, 3.63) is 0 Å². The van der Waals surface area contributed by atoms with Crippen molar-refractivity contribution in [3.8, 4) is 0 Å². The van der Waals surface area contributed by atoms with E-state index in [0.29, 0.717) is 0 Å². The Morgan fingerprint density at radius 3 is 2.71 bits per heavy atom. The smallest absolute Gasteiger partial charge is 0.00722 e. The second-order valence-corrected chi connectivity index (χ2v) is 5.23. The predicted molar refractivity (Wildman–Crippen MR) is 60.4 cm³/mol. The first-order chi connectivity index (χ1) is 6.78. The Hall–Kier alpha value is -0.0800. The Labute approximate surface area is 88.1 Å². The summed E-state index contributed by atoms with van der Waals surface area (Å²) in [7, 11) is 0. The Morgan fingerprint density at radius 1 is 1.36 bits per heavy atom. The first-order valence-electron chi connectivity index (χ1n) is 6.23.